The summed E-state index contributed by atoms with van der Waals surface area (Å²) in [5.41, 5.74) is 0.431. The van der Waals surface area contributed by atoms with Crippen LogP contribution in [0.25, 0.3) is 0 Å². The molecule has 1 saturated carbocycles. The van der Waals surface area contributed by atoms with Crippen molar-refractivity contribution in [3.63, 3.8) is 0 Å². The van der Waals surface area contributed by atoms with Crippen LogP contribution in [0.1, 0.15) is 29.6 Å². The van der Waals surface area contributed by atoms with E-state index in [1.807, 2.05) is 0 Å². The van der Waals surface area contributed by atoms with Gasteiger partial charge in [0.2, 0.25) is 0 Å². The molecule has 18 heavy (non-hydrogen) atoms. The first kappa shape index (κ1) is 12.4. The summed E-state index contributed by atoms with van der Waals surface area (Å²) < 4.78 is 10.3. The third-order valence-corrected chi connectivity index (χ3v) is 3.25. The molecule has 0 unspecified atom stereocenters. The number of benzene rings is 1. The van der Waals surface area contributed by atoms with Gasteiger partial charge in [-0.15, -0.1) is 0 Å². The SMILES string of the molecule is COc1ccc(C(=O)OCC2(CC#N)CC2)cc1. The number of nitriles is 1. The Kier molecular flexibility index (Phi) is 3.52. The first-order valence-electron chi connectivity index (χ1n) is 5.87. The van der Waals surface area contributed by atoms with Gasteiger partial charge in [-0.05, 0) is 37.1 Å². The van der Waals surface area contributed by atoms with Crippen molar-refractivity contribution in [2.75, 3.05) is 13.7 Å². The smallest absolute Gasteiger partial charge is 0.338 e. The monoisotopic (exact) mass is 245 g/mol. The van der Waals surface area contributed by atoms with Crippen LogP contribution in [0.4, 0.5) is 0 Å². The van der Waals surface area contributed by atoms with E-state index in [1.165, 1.54) is 0 Å². The molecule has 1 aromatic carbocycles. The summed E-state index contributed by atoms with van der Waals surface area (Å²) >= 11 is 0. The van der Waals surface area contributed by atoms with Gasteiger partial charge in [0.25, 0.3) is 0 Å². The Bertz CT molecular complexity index is 469. The normalized spacial score (nSPS) is 15.6. The van der Waals surface area contributed by atoms with Crippen LogP contribution in [0.15, 0.2) is 24.3 Å². The predicted molar refractivity (Wildman–Crippen MR) is 65.2 cm³/mol. The van der Waals surface area contributed by atoms with E-state index in [4.69, 9.17) is 14.7 Å². The van der Waals surface area contributed by atoms with Gasteiger partial charge in [0.1, 0.15) is 5.75 Å². The zero-order valence-corrected chi connectivity index (χ0v) is 10.3. The van der Waals surface area contributed by atoms with Crippen molar-refractivity contribution in [3.8, 4) is 11.8 Å². The minimum absolute atomic E-state index is 0.0725. The van der Waals surface area contributed by atoms with E-state index in [9.17, 15) is 4.79 Å². The van der Waals surface area contributed by atoms with Crippen LogP contribution in [0.3, 0.4) is 0 Å². The number of hydrogen-bond donors (Lipinski definition) is 0. The number of nitrogens with zero attached hydrogens (tertiary/aromatic N) is 1. The third kappa shape index (κ3) is 2.80. The summed E-state index contributed by atoms with van der Waals surface area (Å²) in [6, 6.07) is 8.93. The van der Waals surface area contributed by atoms with Crippen molar-refractivity contribution < 1.29 is 14.3 Å². The second-order valence-corrected chi connectivity index (χ2v) is 4.64. The molecule has 4 heteroatoms. The van der Waals surface area contributed by atoms with Gasteiger partial charge in [-0.3, -0.25) is 0 Å². The molecule has 0 N–H and O–H groups in total. The fourth-order valence-electron chi connectivity index (χ4n) is 1.75. The van der Waals surface area contributed by atoms with Gasteiger partial charge < -0.3 is 9.47 Å². The molecule has 0 spiro atoms. The van der Waals surface area contributed by atoms with Crippen molar-refractivity contribution in [3.05, 3.63) is 29.8 Å². The molecule has 2 rings (SSSR count). The molecule has 0 amide bonds. The van der Waals surface area contributed by atoms with Gasteiger partial charge >= 0.3 is 5.97 Å². The number of rotatable bonds is 5. The van der Waals surface area contributed by atoms with E-state index in [0.29, 0.717) is 24.3 Å². The Hall–Kier alpha value is -2.02. The Morgan fingerprint density at radius 2 is 2.06 bits per heavy atom. The fraction of sp³-hybridized carbons (Fsp3) is 0.429. The lowest BCUT2D eigenvalue weighted by Gasteiger charge is -2.11. The zero-order valence-electron chi connectivity index (χ0n) is 10.3. The summed E-state index contributed by atoms with van der Waals surface area (Å²) in [4.78, 5) is 11.8. The van der Waals surface area contributed by atoms with E-state index in [-0.39, 0.29) is 11.4 Å². The second-order valence-electron chi connectivity index (χ2n) is 4.64. The summed E-state index contributed by atoms with van der Waals surface area (Å²) in [7, 11) is 1.58. The van der Waals surface area contributed by atoms with E-state index < -0.39 is 0 Å². The minimum Gasteiger partial charge on any atom is -0.497 e. The summed E-state index contributed by atoms with van der Waals surface area (Å²) in [6.45, 7) is 0.339. The summed E-state index contributed by atoms with van der Waals surface area (Å²) in [5, 5.41) is 8.68. The van der Waals surface area contributed by atoms with Crippen LogP contribution in [-0.2, 0) is 4.74 Å². The highest BCUT2D eigenvalue weighted by Crippen LogP contribution is 2.48. The predicted octanol–water partition coefficient (Wildman–Crippen LogP) is 2.55. The number of carbonyl (C=O) groups excluding carboxylic acids is 1. The van der Waals surface area contributed by atoms with E-state index >= 15 is 0 Å². The zero-order chi connectivity index (χ0) is 13.0. The average molecular weight is 245 g/mol. The van der Waals surface area contributed by atoms with Crippen molar-refractivity contribution in [1.29, 1.82) is 5.26 Å². The van der Waals surface area contributed by atoms with Crippen molar-refractivity contribution in [1.82, 2.24) is 0 Å². The summed E-state index contributed by atoms with van der Waals surface area (Å²) in [5.74, 6) is 0.358. The molecule has 94 valence electrons. The molecule has 0 aliphatic heterocycles. The largest absolute Gasteiger partial charge is 0.497 e. The highest BCUT2D eigenvalue weighted by atomic mass is 16.5. The first-order valence-corrected chi connectivity index (χ1v) is 5.87. The third-order valence-electron chi connectivity index (χ3n) is 3.25. The molecular weight excluding hydrogens is 230 g/mol. The highest BCUT2D eigenvalue weighted by Gasteiger charge is 2.43. The van der Waals surface area contributed by atoms with Gasteiger partial charge in [0, 0.05) is 11.8 Å². The molecule has 0 atom stereocenters. The lowest BCUT2D eigenvalue weighted by atomic mass is 10.1. The van der Waals surface area contributed by atoms with Crippen LogP contribution in [0.2, 0.25) is 0 Å². The van der Waals surface area contributed by atoms with Crippen LogP contribution < -0.4 is 4.74 Å². The molecule has 1 fully saturated rings. The van der Waals surface area contributed by atoms with Crippen molar-refractivity contribution >= 4 is 5.97 Å². The van der Waals surface area contributed by atoms with Crippen molar-refractivity contribution in [2.45, 2.75) is 19.3 Å². The highest BCUT2D eigenvalue weighted by molar-refractivity contribution is 5.89. The quantitative estimate of drug-likeness (QED) is 0.748. The molecule has 0 saturated heterocycles. The van der Waals surface area contributed by atoms with Crippen LogP contribution in [-0.4, -0.2) is 19.7 Å². The molecular formula is C14H15NO3. The maximum absolute atomic E-state index is 11.8. The standard InChI is InChI=1S/C14H15NO3/c1-17-12-4-2-11(3-5-12)13(16)18-10-14(6-7-14)8-9-15/h2-5H,6-8,10H2,1H3. The number of methoxy groups -OCH3 is 1. The fourth-order valence-corrected chi connectivity index (χ4v) is 1.75. The molecule has 0 aromatic heterocycles. The number of ether oxygens (including phenoxy) is 2. The number of hydrogen-bond acceptors (Lipinski definition) is 4. The van der Waals surface area contributed by atoms with Crippen LogP contribution in [0, 0.1) is 16.7 Å². The summed E-state index contributed by atoms with van der Waals surface area (Å²) in [6.07, 6.45) is 2.40. The molecule has 0 radical (unpaired) electrons. The number of carbonyl (C=O) groups is 1. The van der Waals surface area contributed by atoms with Gasteiger partial charge in [-0.25, -0.2) is 4.79 Å². The topological polar surface area (TPSA) is 59.3 Å². The Morgan fingerprint density at radius 3 is 2.56 bits per heavy atom. The van der Waals surface area contributed by atoms with E-state index in [2.05, 4.69) is 6.07 Å². The van der Waals surface area contributed by atoms with Crippen molar-refractivity contribution in [2.24, 2.45) is 5.41 Å². The van der Waals surface area contributed by atoms with Crippen LogP contribution >= 0.6 is 0 Å². The number of esters is 1. The molecule has 1 aliphatic carbocycles. The molecule has 1 aromatic rings. The Labute approximate surface area is 106 Å². The lowest BCUT2D eigenvalue weighted by molar-refractivity contribution is 0.0419. The van der Waals surface area contributed by atoms with Crippen LogP contribution in [0.5, 0.6) is 5.75 Å². The Morgan fingerprint density at radius 1 is 1.39 bits per heavy atom. The molecule has 0 heterocycles. The van der Waals surface area contributed by atoms with Gasteiger partial charge in [0.15, 0.2) is 0 Å². The maximum atomic E-state index is 11.8. The first-order chi connectivity index (χ1) is 8.69. The molecule has 1 aliphatic rings. The van der Waals surface area contributed by atoms with Gasteiger partial charge in [0.05, 0.1) is 25.3 Å². The molecule has 0 bridgehead atoms. The van der Waals surface area contributed by atoms with Gasteiger partial charge in [-0.1, -0.05) is 0 Å². The van der Waals surface area contributed by atoms with E-state index in [1.54, 1.807) is 31.4 Å². The van der Waals surface area contributed by atoms with E-state index in [0.717, 1.165) is 12.8 Å². The second kappa shape index (κ2) is 5.09. The average Bonchev–Trinajstić information content (AvgIpc) is 3.17. The lowest BCUT2D eigenvalue weighted by Crippen LogP contribution is -2.14. The van der Waals surface area contributed by atoms with Gasteiger partial charge in [-0.2, -0.15) is 5.26 Å². The maximum Gasteiger partial charge on any atom is 0.338 e. The Balaban J connectivity index is 1.90. The minimum atomic E-state index is -0.345. The molecule has 4 nitrogen and oxygen atoms in total.